The molecule has 0 radical (unpaired) electrons. The first-order chi connectivity index (χ1) is 17.2. The van der Waals surface area contributed by atoms with Gasteiger partial charge in [0.15, 0.2) is 0 Å². The van der Waals surface area contributed by atoms with Gasteiger partial charge in [0.1, 0.15) is 17.7 Å². The number of nitriles is 1. The van der Waals surface area contributed by atoms with Crippen molar-refractivity contribution in [3.63, 3.8) is 0 Å². The van der Waals surface area contributed by atoms with Gasteiger partial charge in [0, 0.05) is 71.0 Å². The van der Waals surface area contributed by atoms with Gasteiger partial charge in [-0.05, 0) is 36.3 Å². The van der Waals surface area contributed by atoms with Gasteiger partial charge in [-0.25, -0.2) is 4.98 Å². The molecule has 0 saturated carbocycles. The molecular weight excluding hydrogens is 436 g/mol. The molecule has 1 aromatic carbocycles. The molecule has 3 aliphatic rings. The van der Waals surface area contributed by atoms with Gasteiger partial charge >= 0.3 is 0 Å². The summed E-state index contributed by atoms with van der Waals surface area (Å²) in [5.74, 6) is 2.74. The van der Waals surface area contributed by atoms with Crippen LogP contribution in [0.15, 0.2) is 30.3 Å². The maximum Gasteiger partial charge on any atom is 0.149 e. The van der Waals surface area contributed by atoms with Crippen molar-refractivity contribution < 1.29 is 5.11 Å². The highest BCUT2D eigenvalue weighted by atomic mass is 16.3. The van der Waals surface area contributed by atoms with Crippen molar-refractivity contribution in [2.75, 3.05) is 68.8 Å². The molecule has 0 spiro atoms. The Hall–Kier alpha value is -2.66. The van der Waals surface area contributed by atoms with Gasteiger partial charge in [-0.3, -0.25) is 9.80 Å². The van der Waals surface area contributed by atoms with Crippen LogP contribution in [0.5, 0.6) is 0 Å². The van der Waals surface area contributed by atoms with Gasteiger partial charge in [0.25, 0.3) is 0 Å². The van der Waals surface area contributed by atoms with Crippen molar-refractivity contribution >= 4 is 11.6 Å². The van der Waals surface area contributed by atoms with Crippen LogP contribution in [0.1, 0.15) is 42.0 Å². The Bertz CT molecular complexity index is 1040. The maximum absolute atomic E-state index is 10.3. The van der Waals surface area contributed by atoms with Gasteiger partial charge in [0.2, 0.25) is 0 Å². The first kappa shape index (κ1) is 24.1. The van der Waals surface area contributed by atoms with E-state index in [-0.39, 0.29) is 6.61 Å². The number of β-amino-alcohol motifs (C(OH)–C–C–N with tert-alkyl or cyclic N) is 1. The molecule has 1 N–H and O–H groups in total. The number of anilines is 2. The van der Waals surface area contributed by atoms with E-state index in [1.54, 1.807) is 0 Å². The molecule has 4 heterocycles. The van der Waals surface area contributed by atoms with Crippen LogP contribution in [0.3, 0.4) is 0 Å². The van der Waals surface area contributed by atoms with Crippen LogP contribution in [0, 0.1) is 17.2 Å². The quantitative estimate of drug-likeness (QED) is 0.690. The number of rotatable bonds is 6. The van der Waals surface area contributed by atoms with E-state index >= 15 is 0 Å². The van der Waals surface area contributed by atoms with E-state index < -0.39 is 0 Å². The summed E-state index contributed by atoms with van der Waals surface area (Å²) < 4.78 is 0. The molecule has 35 heavy (non-hydrogen) atoms. The summed E-state index contributed by atoms with van der Waals surface area (Å²) in [4.78, 5) is 14.9. The van der Waals surface area contributed by atoms with E-state index in [2.05, 4.69) is 62.9 Å². The first-order valence-electron chi connectivity index (χ1n) is 13.2. The molecule has 0 unspecified atom stereocenters. The van der Waals surface area contributed by atoms with Crippen molar-refractivity contribution in [3.05, 3.63) is 52.6 Å². The number of hydrogen-bond donors (Lipinski definition) is 1. The maximum atomic E-state index is 10.3. The van der Waals surface area contributed by atoms with Crippen LogP contribution in [0.25, 0.3) is 0 Å². The lowest BCUT2D eigenvalue weighted by molar-refractivity contribution is 0.188. The molecule has 3 aliphatic heterocycles. The number of benzene rings is 1. The van der Waals surface area contributed by atoms with Crippen LogP contribution in [0.4, 0.5) is 11.6 Å². The third kappa shape index (κ3) is 5.30. The fourth-order valence-corrected chi connectivity index (χ4v) is 5.79. The predicted octanol–water partition coefficient (Wildman–Crippen LogP) is 2.86. The van der Waals surface area contributed by atoms with Crippen molar-refractivity contribution in [2.45, 2.75) is 39.3 Å². The van der Waals surface area contributed by atoms with Crippen molar-refractivity contribution in [2.24, 2.45) is 5.92 Å². The van der Waals surface area contributed by atoms with E-state index in [1.807, 2.05) is 0 Å². The van der Waals surface area contributed by atoms with Crippen molar-refractivity contribution in [1.29, 1.82) is 5.26 Å². The number of nitrogens with zero attached hydrogens (tertiary/aromatic N) is 6. The highest BCUT2D eigenvalue weighted by molar-refractivity contribution is 5.68. The molecule has 5 rings (SSSR count). The van der Waals surface area contributed by atoms with Crippen LogP contribution >= 0.6 is 0 Å². The molecule has 0 bridgehead atoms. The molecule has 7 heteroatoms. The van der Waals surface area contributed by atoms with Gasteiger partial charge in [-0.2, -0.15) is 5.26 Å². The number of piperidine rings is 1. The largest absolute Gasteiger partial charge is 0.395 e. The summed E-state index contributed by atoms with van der Waals surface area (Å²) in [6.45, 7) is 11.5. The summed E-state index contributed by atoms with van der Waals surface area (Å²) in [6, 6.07) is 13.2. The smallest absolute Gasteiger partial charge is 0.149 e. The Balaban J connectivity index is 1.47. The Kier molecular flexibility index (Phi) is 7.52. The topological polar surface area (TPSA) is 69.9 Å². The minimum atomic E-state index is 0.192. The molecule has 1 aromatic heterocycles. The van der Waals surface area contributed by atoms with Gasteiger partial charge in [-0.1, -0.05) is 37.3 Å². The molecule has 186 valence electrons. The third-order valence-corrected chi connectivity index (χ3v) is 7.96. The lowest BCUT2D eigenvalue weighted by Crippen LogP contribution is -2.48. The number of aromatic nitrogens is 1. The zero-order valence-corrected chi connectivity index (χ0v) is 21.0. The van der Waals surface area contributed by atoms with Crippen LogP contribution in [-0.4, -0.2) is 78.9 Å². The van der Waals surface area contributed by atoms with Crippen LogP contribution < -0.4 is 9.80 Å². The summed E-state index contributed by atoms with van der Waals surface area (Å²) >= 11 is 0. The normalized spacial score (nSPS) is 20.0. The average molecular weight is 475 g/mol. The highest BCUT2D eigenvalue weighted by Crippen LogP contribution is 2.37. The minimum absolute atomic E-state index is 0.192. The SMILES string of the molecule is CC1CCN(c2nc(N3CCN(CCO)CC3)c(C#N)c3c2CN(Cc2ccccc2)CC3)CC1. The van der Waals surface area contributed by atoms with Crippen molar-refractivity contribution in [1.82, 2.24) is 14.8 Å². The summed E-state index contributed by atoms with van der Waals surface area (Å²) in [5, 5.41) is 19.6. The first-order valence-corrected chi connectivity index (χ1v) is 13.2. The zero-order chi connectivity index (χ0) is 24.2. The zero-order valence-electron chi connectivity index (χ0n) is 21.0. The summed E-state index contributed by atoms with van der Waals surface area (Å²) in [5.41, 5.74) is 4.59. The number of aliphatic hydroxyl groups is 1. The van der Waals surface area contributed by atoms with E-state index in [1.165, 1.54) is 29.5 Å². The second-order valence-corrected chi connectivity index (χ2v) is 10.4. The minimum Gasteiger partial charge on any atom is -0.395 e. The van der Waals surface area contributed by atoms with Gasteiger partial charge < -0.3 is 14.9 Å². The number of fused-ring (bicyclic) bond motifs is 1. The molecule has 2 fully saturated rings. The number of piperazine rings is 1. The molecule has 0 amide bonds. The lowest BCUT2D eigenvalue weighted by Gasteiger charge is -2.39. The van der Waals surface area contributed by atoms with E-state index in [4.69, 9.17) is 4.98 Å². The molecule has 2 aromatic rings. The lowest BCUT2D eigenvalue weighted by atomic mass is 9.93. The van der Waals surface area contributed by atoms with Gasteiger partial charge in [0.05, 0.1) is 12.2 Å². The molecular formula is C28H38N6O. The molecule has 7 nitrogen and oxygen atoms in total. The fraction of sp³-hybridized carbons (Fsp3) is 0.571. The van der Waals surface area contributed by atoms with Gasteiger partial charge in [-0.15, -0.1) is 0 Å². The van der Waals surface area contributed by atoms with Crippen molar-refractivity contribution in [3.8, 4) is 6.07 Å². The number of hydrogen-bond acceptors (Lipinski definition) is 7. The second kappa shape index (κ2) is 10.9. The predicted molar refractivity (Wildman–Crippen MR) is 140 cm³/mol. The summed E-state index contributed by atoms with van der Waals surface area (Å²) in [7, 11) is 0. The third-order valence-electron chi connectivity index (χ3n) is 7.96. The Morgan fingerprint density at radius 1 is 0.914 bits per heavy atom. The average Bonchev–Trinajstić information content (AvgIpc) is 2.89. The van der Waals surface area contributed by atoms with E-state index in [9.17, 15) is 10.4 Å². The Morgan fingerprint density at radius 2 is 1.63 bits per heavy atom. The summed E-state index contributed by atoms with van der Waals surface area (Å²) in [6.07, 6.45) is 3.28. The fourth-order valence-electron chi connectivity index (χ4n) is 5.79. The Morgan fingerprint density at radius 3 is 2.31 bits per heavy atom. The van der Waals surface area contributed by atoms with E-state index in [0.717, 1.165) is 88.4 Å². The van der Waals surface area contributed by atoms with Crippen LogP contribution in [0.2, 0.25) is 0 Å². The number of pyridine rings is 1. The van der Waals surface area contributed by atoms with E-state index in [0.29, 0.717) is 6.54 Å². The molecule has 0 aliphatic carbocycles. The second-order valence-electron chi connectivity index (χ2n) is 10.4. The molecule has 2 saturated heterocycles. The monoisotopic (exact) mass is 474 g/mol. The standard InChI is InChI=1S/C28H38N6O/c1-22-7-11-33(12-8-22)28-26-21-32(20-23-5-3-2-4-6-23)10-9-24(26)25(19-29)27(30-28)34-15-13-31(14-16-34)17-18-35/h2-6,22,35H,7-18,20-21H2,1H3. The number of aliphatic hydroxyl groups excluding tert-OH is 1. The molecule has 0 atom stereocenters. The highest BCUT2D eigenvalue weighted by Gasteiger charge is 2.31. The van der Waals surface area contributed by atoms with Crippen LogP contribution in [-0.2, 0) is 19.5 Å². The Labute approximate surface area is 209 Å².